The lowest BCUT2D eigenvalue weighted by molar-refractivity contribution is -0.142. The molecule has 0 aliphatic rings. The van der Waals surface area contributed by atoms with Gasteiger partial charge in [-0.15, -0.1) is 0 Å². The summed E-state index contributed by atoms with van der Waals surface area (Å²) in [5.74, 6) is -2.81. The van der Waals surface area contributed by atoms with Gasteiger partial charge in [0.2, 0.25) is 0 Å². The number of ether oxygens (including phenoxy) is 1. The van der Waals surface area contributed by atoms with Crippen molar-refractivity contribution in [3.63, 3.8) is 0 Å². The fraction of sp³-hybridized carbons (Fsp3) is 0.417. The largest absolute Gasteiger partial charge is 0.469 e. The van der Waals surface area contributed by atoms with Gasteiger partial charge in [-0.3, -0.25) is 4.79 Å². The number of carbonyl (C=O) groups is 1. The Kier molecular flexibility index (Phi) is 4.57. The van der Waals surface area contributed by atoms with Crippen LogP contribution in [-0.4, -0.2) is 18.2 Å². The van der Waals surface area contributed by atoms with Gasteiger partial charge in [-0.05, 0) is 18.1 Å². The summed E-state index contributed by atoms with van der Waals surface area (Å²) in [6.07, 6.45) is -1.49. The van der Waals surface area contributed by atoms with Gasteiger partial charge in [0, 0.05) is 0 Å². The maximum absolute atomic E-state index is 13.4. The fourth-order valence-electron chi connectivity index (χ4n) is 1.54. The maximum Gasteiger partial charge on any atom is 0.305 e. The quantitative estimate of drug-likeness (QED) is 0.826. The Labute approximate surface area is 98.0 Å². The van der Waals surface area contributed by atoms with Gasteiger partial charge in [-0.1, -0.05) is 13.0 Å². The molecule has 2 atom stereocenters. The van der Waals surface area contributed by atoms with E-state index < -0.39 is 35.2 Å². The molecule has 0 spiro atoms. The molecule has 1 aromatic rings. The molecule has 0 radical (unpaired) electrons. The van der Waals surface area contributed by atoms with Crippen LogP contribution in [0.15, 0.2) is 18.2 Å². The smallest absolute Gasteiger partial charge is 0.305 e. The maximum atomic E-state index is 13.4. The molecule has 5 heteroatoms. The molecule has 0 heterocycles. The second-order valence-electron chi connectivity index (χ2n) is 3.84. The van der Waals surface area contributed by atoms with E-state index in [4.69, 9.17) is 0 Å². The summed E-state index contributed by atoms with van der Waals surface area (Å²) in [6, 6.07) is 3.34. The van der Waals surface area contributed by atoms with E-state index in [1.54, 1.807) is 0 Å². The number of aliphatic hydroxyl groups is 1. The van der Waals surface area contributed by atoms with Gasteiger partial charge >= 0.3 is 5.97 Å². The third kappa shape index (κ3) is 3.23. The van der Waals surface area contributed by atoms with Crippen molar-refractivity contribution in [3.05, 3.63) is 35.4 Å². The van der Waals surface area contributed by atoms with Crippen LogP contribution in [0.1, 0.15) is 25.0 Å². The number of halogens is 2. The number of carbonyl (C=O) groups excluding carboxylic acids is 1. The number of aliphatic hydroxyl groups excluding tert-OH is 1. The van der Waals surface area contributed by atoms with Gasteiger partial charge in [0.25, 0.3) is 0 Å². The Balaban J connectivity index is 2.88. The SMILES string of the molecule is COC(=O)CC(C)C(O)c1c(F)cccc1F. The molecule has 0 saturated heterocycles. The third-order valence-electron chi connectivity index (χ3n) is 2.55. The topological polar surface area (TPSA) is 46.5 Å². The minimum Gasteiger partial charge on any atom is -0.469 e. The Morgan fingerprint density at radius 3 is 2.41 bits per heavy atom. The molecule has 94 valence electrons. The van der Waals surface area contributed by atoms with Crippen LogP contribution in [0.2, 0.25) is 0 Å². The van der Waals surface area contributed by atoms with Crippen LogP contribution in [0, 0.1) is 17.6 Å². The molecule has 0 amide bonds. The molecule has 0 aliphatic heterocycles. The summed E-state index contributed by atoms with van der Waals surface area (Å²) in [4.78, 5) is 11.0. The Hall–Kier alpha value is -1.49. The highest BCUT2D eigenvalue weighted by Crippen LogP contribution is 2.28. The highest BCUT2D eigenvalue weighted by atomic mass is 19.1. The summed E-state index contributed by atoms with van der Waals surface area (Å²) < 4.78 is 31.2. The van der Waals surface area contributed by atoms with Crippen molar-refractivity contribution in [2.45, 2.75) is 19.4 Å². The van der Waals surface area contributed by atoms with E-state index in [0.29, 0.717) is 0 Å². The molecule has 0 bridgehead atoms. The Morgan fingerprint density at radius 1 is 1.41 bits per heavy atom. The molecule has 0 aromatic heterocycles. The molecule has 1 aromatic carbocycles. The van der Waals surface area contributed by atoms with Crippen LogP contribution in [0.5, 0.6) is 0 Å². The fourth-order valence-corrected chi connectivity index (χ4v) is 1.54. The van der Waals surface area contributed by atoms with Crippen molar-refractivity contribution < 1.29 is 23.4 Å². The number of benzene rings is 1. The first kappa shape index (κ1) is 13.6. The third-order valence-corrected chi connectivity index (χ3v) is 2.55. The Bertz CT molecular complexity index is 386. The van der Waals surface area contributed by atoms with Crippen LogP contribution in [0.25, 0.3) is 0 Å². The first-order valence-electron chi connectivity index (χ1n) is 5.16. The van der Waals surface area contributed by atoms with Crippen molar-refractivity contribution >= 4 is 5.97 Å². The van der Waals surface area contributed by atoms with Crippen LogP contribution in [0.4, 0.5) is 8.78 Å². The van der Waals surface area contributed by atoms with E-state index in [9.17, 15) is 18.7 Å². The molecule has 1 N–H and O–H groups in total. The van der Waals surface area contributed by atoms with Crippen LogP contribution in [-0.2, 0) is 9.53 Å². The van der Waals surface area contributed by atoms with Gasteiger partial charge in [-0.25, -0.2) is 8.78 Å². The van der Waals surface area contributed by atoms with Gasteiger partial charge in [0.05, 0.1) is 25.2 Å². The zero-order valence-electron chi connectivity index (χ0n) is 9.61. The lowest BCUT2D eigenvalue weighted by Crippen LogP contribution is -2.17. The molecule has 2 unspecified atom stereocenters. The number of methoxy groups -OCH3 is 1. The van der Waals surface area contributed by atoms with E-state index in [2.05, 4.69) is 4.74 Å². The van der Waals surface area contributed by atoms with E-state index in [1.807, 2.05) is 0 Å². The van der Waals surface area contributed by atoms with Crippen molar-refractivity contribution in [2.24, 2.45) is 5.92 Å². The monoisotopic (exact) mass is 244 g/mol. The van der Waals surface area contributed by atoms with E-state index in [0.717, 1.165) is 12.1 Å². The molecule has 1 rings (SSSR count). The number of hydrogen-bond acceptors (Lipinski definition) is 3. The zero-order valence-corrected chi connectivity index (χ0v) is 9.61. The van der Waals surface area contributed by atoms with Gasteiger partial charge < -0.3 is 9.84 Å². The lowest BCUT2D eigenvalue weighted by Gasteiger charge is -2.19. The minimum absolute atomic E-state index is 0.106. The van der Waals surface area contributed by atoms with Crippen molar-refractivity contribution in [3.8, 4) is 0 Å². The van der Waals surface area contributed by atoms with Crippen molar-refractivity contribution in [1.29, 1.82) is 0 Å². The first-order chi connectivity index (χ1) is 7.97. The predicted octanol–water partition coefficient (Wildman–Crippen LogP) is 2.20. The van der Waals surface area contributed by atoms with Crippen LogP contribution >= 0.6 is 0 Å². The number of esters is 1. The zero-order chi connectivity index (χ0) is 13.0. The summed E-state index contributed by atoms with van der Waals surface area (Å²) in [5.41, 5.74) is -0.413. The van der Waals surface area contributed by atoms with Crippen molar-refractivity contribution in [2.75, 3.05) is 7.11 Å². The molecule has 0 aliphatic carbocycles. The van der Waals surface area contributed by atoms with E-state index in [1.165, 1.54) is 20.1 Å². The first-order valence-corrected chi connectivity index (χ1v) is 5.16. The van der Waals surface area contributed by atoms with Crippen LogP contribution < -0.4 is 0 Å². The summed E-state index contributed by atoms with van der Waals surface area (Å²) in [6.45, 7) is 1.52. The van der Waals surface area contributed by atoms with Crippen molar-refractivity contribution in [1.82, 2.24) is 0 Å². The predicted molar refractivity (Wildman–Crippen MR) is 57.1 cm³/mol. The molecule has 3 nitrogen and oxygen atoms in total. The standard InChI is InChI=1S/C12H14F2O3/c1-7(6-10(15)17-2)12(16)11-8(13)4-3-5-9(11)14/h3-5,7,12,16H,6H2,1-2H3. The summed E-state index contributed by atoms with van der Waals surface area (Å²) in [7, 11) is 1.21. The van der Waals surface area contributed by atoms with E-state index in [-0.39, 0.29) is 6.42 Å². The average molecular weight is 244 g/mol. The molecular formula is C12H14F2O3. The highest BCUT2D eigenvalue weighted by Gasteiger charge is 2.25. The second-order valence-corrected chi connectivity index (χ2v) is 3.84. The normalized spacial score (nSPS) is 14.2. The Morgan fingerprint density at radius 2 is 1.94 bits per heavy atom. The van der Waals surface area contributed by atoms with Gasteiger partial charge in [0.1, 0.15) is 11.6 Å². The molecule has 0 fully saturated rings. The minimum atomic E-state index is -1.38. The number of rotatable bonds is 4. The number of hydrogen-bond donors (Lipinski definition) is 1. The summed E-state index contributed by atoms with van der Waals surface area (Å²) in [5, 5.41) is 9.81. The van der Waals surface area contributed by atoms with Crippen LogP contribution in [0.3, 0.4) is 0 Å². The highest BCUT2D eigenvalue weighted by molar-refractivity contribution is 5.69. The average Bonchev–Trinajstić information content (AvgIpc) is 2.28. The summed E-state index contributed by atoms with van der Waals surface area (Å²) >= 11 is 0. The van der Waals surface area contributed by atoms with Gasteiger partial charge in [0.15, 0.2) is 0 Å². The molecule has 17 heavy (non-hydrogen) atoms. The van der Waals surface area contributed by atoms with E-state index >= 15 is 0 Å². The second kappa shape index (κ2) is 5.72. The molecular weight excluding hydrogens is 230 g/mol. The lowest BCUT2D eigenvalue weighted by atomic mass is 9.94. The van der Waals surface area contributed by atoms with Gasteiger partial charge in [-0.2, -0.15) is 0 Å². The molecule has 0 saturated carbocycles.